The number of hydrogen-bond donors (Lipinski definition) is 2. The molecule has 8 heteroatoms. The van der Waals surface area contributed by atoms with Crippen LogP contribution in [0.1, 0.15) is 25.3 Å². The molecule has 2 aromatic rings. The van der Waals surface area contributed by atoms with Gasteiger partial charge in [0.1, 0.15) is 5.75 Å². The van der Waals surface area contributed by atoms with Gasteiger partial charge < -0.3 is 29.7 Å². The highest BCUT2D eigenvalue weighted by Gasteiger charge is 2.23. The van der Waals surface area contributed by atoms with E-state index in [-0.39, 0.29) is 12.1 Å². The van der Waals surface area contributed by atoms with Gasteiger partial charge in [0.05, 0.1) is 20.8 Å². The van der Waals surface area contributed by atoms with Crippen molar-refractivity contribution in [3.05, 3.63) is 54.1 Å². The van der Waals surface area contributed by atoms with Gasteiger partial charge in [-0.25, -0.2) is 9.79 Å². The number of benzene rings is 2. The number of rotatable bonds is 7. The van der Waals surface area contributed by atoms with E-state index in [2.05, 4.69) is 10.6 Å². The predicted octanol–water partition coefficient (Wildman–Crippen LogP) is 3.77. The van der Waals surface area contributed by atoms with Gasteiger partial charge in [-0.1, -0.05) is 24.3 Å². The van der Waals surface area contributed by atoms with Gasteiger partial charge in [-0.2, -0.15) is 0 Å². The number of likely N-dealkylation sites (tertiary alicyclic amines) is 1. The fraction of sp³-hybridized carbons (Fsp3) is 0.417. The van der Waals surface area contributed by atoms with Crippen molar-refractivity contribution >= 4 is 12.1 Å². The monoisotopic (exact) mass is 440 g/mol. The summed E-state index contributed by atoms with van der Waals surface area (Å²) < 4.78 is 16.1. The van der Waals surface area contributed by atoms with Crippen molar-refractivity contribution in [3.63, 3.8) is 0 Å². The van der Waals surface area contributed by atoms with E-state index in [0.29, 0.717) is 31.1 Å². The van der Waals surface area contributed by atoms with Crippen molar-refractivity contribution in [2.75, 3.05) is 33.9 Å². The molecule has 0 spiro atoms. The summed E-state index contributed by atoms with van der Waals surface area (Å²) in [6, 6.07) is 15.7. The molecule has 3 rings (SSSR count). The van der Waals surface area contributed by atoms with Gasteiger partial charge >= 0.3 is 6.09 Å². The zero-order chi connectivity index (χ0) is 22.8. The number of methoxy groups -OCH3 is 2. The Bertz CT molecular complexity index is 893. The number of para-hydroxylation sites is 2. The van der Waals surface area contributed by atoms with Crippen LogP contribution in [0.15, 0.2) is 53.5 Å². The number of piperidine rings is 1. The Morgan fingerprint density at radius 1 is 1.06 bits per heavy atom. The van der Waals surface area contributed by atoms with Crippen molar-refractivity contribution in [2.24, 2.45) is 4.99 Å². The van der Waals surface area contributed by atoms with E-state index in [9.17, 15) is 4.79 Å². The van der Waals surface area contributed by atoms with Gasteiger partial charge in [0, 0.05) is 25.7 Å². The number of hydrogen-bond acceptors (Lipinski definition) is 5. The van der Waals surface area contributed by atoms with Gasteiger partial charge in [-0.15, -0.1) is 0 Å². The SMILES string of the molecule is CCNC(=NCc1ccc(Oc2ccccc2OC)cc1)NC1CCN(C(=O)OC)CC1. The minimum Gasteiger partial charge on any atom is -0.493 e. The number of nitrogens with one attached hydrogen (secondary N) is 2. The molecule has 1 amide bonds. The standard InChI is InChI=1S/C24H32N4O4/c1-4-25-23(27-19-13-15-28(16-14-19)24(29)31-3)26-17-18-9-11-20(12-10-18)32-22-8-6-5-7-21(22)30-2/h5-12,19H,4,13-17H2,1-3H3,(H2,25,26,27). The highest BCUT2D eigenvalue weighted by atomic mass is 16.5. The van der Waals surface area contributed by atoms with Gasteiger partial charge in [-0.3, -0.25) is 0 Å². The molecule has 1 aliphatic rings. The van der Waals surface area contributed by atoms with Gasteiger partial charge in [0.15, 0.2) is 17.5 Å². The number of amides is 1. The second kappa shape index (κ2) is 11.8. The number of ether oxygens (including phenoxy) is 3. The van der Waals surface area contributed by atoms with Gasteiger partial charge in [-0.05, 0) is 49.6 Å². The lowest BCUT2D eigenvalue weighted by molar-refractivity contribution is 0.111. The minimum absolute atomic E-state index is 0.262. The highest BCUT2D eigenvalue weighted by Crippen LogP contribution is 2.30. The van der Waals surface area contributed by atoms with Crippen molar-refractivity contribution in [1.29, 1.82) is 0 Å². The molecule has 1 saturated heterocycles. The first kappa shape index (κ1) is 23.2. The summed E-state index contributed by atoms with van der Waals surface area (Å²) in [6.45, 7) is 4.72. The Labute approximate surface area is 189 Å². The van der Waals surface area contributed by atoms with E-state index in [1.165, 1.54) is 7.11 Å². The summed E-state index contributed by atoms with van der Waals surface area (Å²) in [7, 11) is 3.04. The van der Waals surface area contributed by atoms with Crippen LogP contribution in [0.3, 0.4) is 0 Å². The third-order valence-corrected chi connectivity index (χ3v) is 5.25. The normalized spacial score (nSPS) is 14.6. The van der Waals surface area contributed by atoms with E-state index >= 15 is 0 Å². The zero-order valence-electron chi connectivity index (χ0n) is 19.0. The smallest absolute Gasteiger partial charge is 0.409 e. The molecule has 172 valence electrons. The van der Waals surface area contributed by atoms with Crippen LogP contribution in [0.25, 0.3) is 0 Å². The second-order valence-electron chi connectivity index (χ2n) is 7.47. The molecule has 0 aromatic heterocycles. The maximum absolute atomic E-state index is 11.6. The molecule has 0 unspecified atom stereocenters. The Balaban J connectivity index is 1.55. The van der Waals surface area contributed by atoms with Gasteiger partial charge in [0.2, 0.25) is 0 Å². The predicted molar refractivity (Wildman–Crippen MR) is 124 cm³/mol. The average Bonchev–Trinajstić information content (AvgIpc) is 2.84. The molecule has 1 heterocycles. The first-order chi connectivity index (χ1) is 15.6. The number of carbonyl (C=O) groups excluding carboxylic acids is 1. The summed E-state index contributed by atoms with van der Waals surface area (Å²) in [6.07, 6.45) is 1.45. The van der Waals surface area contributed by atoms with Crippen LogP contribution in [-0.2, 0) is 11.3 Å². The first-order valence-electron chi connectivity index (χ1n) is 10.9. The molecule has 0 atom stereocenters. The van der Waals surface area contributed by atoms with E-state index in [1.807, 2.05) is 55.5 Å². The summed E-state index contributed by atoms with van der Waals surface area (Å²) >= 11 is 0. The quantitative estimate of drug-likeness (QED) is 0.504. The molecule has 32 heavy (non-hydrogen) atoms. The fourth-order valence-electron chi connectivity index (χ4n) is 3.51. The highest BCUT2D eigenvalue weighted by molar-refractivity contribution is 5.80. The Hall–Kier alpha value is -3.42. The van der Waals surface area contributed by atoms with E-state index in [1.54, 1.807) is 12.0 Å². The molecule has 2 aromatic carbocycles. The summed E-state index contributed by atoms with van der Waals surface area (Å²) in [5.41, 5.74) is 1.08. The van der Waals surface area contributed by atoms with E-state index in [4.69, 9.17) is 19.2 Å². The molecule has 0 radical (unpaired) electrons. The van der Waals surface area contributed by atoms with Crippen LogP contribution in [-0.4, -0.2) is 56.8 Å². The third kappa shape index (κ3) is 6.54. The number of aliphatic imine (C=N–C) groups is 1. The molecule has 0 bridgehead atoms. The number of guanidine groups is 1. The molecule has 1 aliphatic heterocycles. The Morgan fingerprint density at radius 2 is 1.75 bits per heavy atom. The van der Waals surface area contributed by atoms with Gasteiger partial charge in [0.25, 0.3) is 0 Å². The van der Waals surface area contributed by atoms with Crippen LogP contribution >= 0.6 is 0 Å². The van der Waals surface area contributed by atoms with Crippen LogP contribution < -0.4 is 20.1 Å². The molecule has 0 saturated carbocycles. The van der Waals surface area contributed by atoms with Crippen molar-refractivity contribution in [2.45, 2.75) is 32.4 Å². The minimum atomic E-state index is -0.262. The second-order valence-corrected chi connectivity index (χ2v) is 7.47. The van der Waals surface area contributed by atoms with Crippen LogP contribution in [0.2, 0.25) is 0 Å². The third-order valence-electron chi connectivity index (χ3n) is 5.25. The summed E-state index contributed by atoms with van der Waals surface area (Å²) in [5.74, 6) is 2.89. The van der Waals surface area contributed by atoms with Crippen LogP contribution in [0.4, 0.5) is 4.79 Å². The Morgan fingerprint density at radius 3 is 2.38 bits per heavy atom. The van der Waals surface area contributed by atoms with Crippen molar-refractivity contribution < 1.29 is 19.0 Å². The maximum Gasteiger partial charge on any atom is 0.409 e. The summed E-state index contributed by atoms with van der Waals surface area (Å²) in [4.78, 5) is 18.1. The maximum atomic E-state index is 11.6. The van der Waals surface area contributed by atoms with Crippen LogP contribution in [0.5, 0.6) is 17.2 Å². The largest absolute Gasteiger partial charge is 0.493 e. The topological polar surface area (TPSA) is 84.4 Å². The Kier molecular flexibility index (Phi) is 8.60. The molecular formula is C24H32N4O4. The average molecular weight is 441 g/mol. The zero-order valence-corrected chi connectivity index (χ0v) is 19.0. The first-order valence-corrected chi connectivity index (χ1v) is 10.9. The van der Waals surface area contributed by atoms with Crippen molar-refractivity contribution in [3.8, 4) is 17.2 Å². The summed E-state index contributed by atoms with van der Waals surface area (Å²) in [5, 5.41) is 6.78. The van der Waals surface area contributed by atoms with E-state index < -0.39 is 0 Å². The molecule has 0 aliphatic carbocycles. The fourth-order valence-corrected chi connectivity index (χ4v) is 3.51. The number of nitrogens with zero attached hydrogens (tertiary/aromatic N) is 2. The number of carbonyl (C=O) groups is 1. The molecule has 8 nitrogen and oxygen atoms in total. The molecule has 2 N–H and O–H groups in total. The lowest BCUT2D eigenvalue weighted by Gasteiger charge is -2.32. The molecular weight excluding hydrogens is 408 g/mol. The lowest BCUT2D eigenvalue weighted by Crippen LogP contribution is -2.49. The molecule has 1 fully saturated rings. The van der Waals surface area contributed by atoms with E-state index in [0.717, 1.165) is 36.7 Å². The van der Waals surface area contributed by atoms with Crippen molar-refractivity contribution in [1.82, 2.24) is 15.5 Å². The lowest BCUT2D eigenvalue weighted by atomic mass is 10.1. The van der Waals surface area contributed by atoms with Crippen LogP contribution in [0, 0.1) is 0 Å².